The number of hydrogen-bond donors (Lipinski definition) is 0. The second kappa shape index (κ2) is 10.7. The quantitative estimate of drug-likeness (QED) is 0.181. The standard InChI is InChI=1S/C42H24N4OS/c1-3-11-25(12-4-1)39-44-40(46-41(45-39)34-21-27-15-7-8-16-29(27)30-17-9-10-18-31(30)34)28-19-20-37-32(22-28)33-23-36-35(24-38(33)48-37)43-42(47-36)26-13-5-2-6-14-26/h1-24H. The van der Waals surface area contributed by atoms with E-state index in [4.69, 9.17) is 24.4 Å². The number of fused-ring (bicyclic) bond motifs is 7. The molecule has 0 bridgehead atoms. The van der Waals surface area contributed by atoms with Crippen molar-refractivity contribution in [3.8, 4) is 45.6 Å². The molecule has 6 heteroatoms. The summed E-state index contributed by atoms with van der Waals surface area (Å²) in [5, 5.41) is 6.90. The van der Waals surface area contributed by atoms with Gasteiger partial charge in [0.25, 0.3) is 0 Å². The molecule has 3 aromatic heterocycles. The molecule has 0 aliphatic heterocycles. The minimum Gasteiger partial charge on any atom is -0.436 e. The van der Waals surface area contributed by atoms with Gasteiger partial charge in [-0.15, -0.1) is 11.3 Å². The number of rotatable bonds is 4. The summed E-state index contributed by atoms with van der Waals surface area (Å²) in [7, 11) is 0. The van der Waals surface area contributed by atoms with Gasteiger partial charge in [-0.25, -0.2) is 19.9 Å². The van der Waals surface area contributed by atoms with Crippen molar-refractivity contribution in [3.63, 3.8) is 0 Å². The van der Waals surface area contributed by atoms with E-state index < -0.39 is 0 Å². The third-order valence-corrected chi connectivity index (χ3v) is 10.1. The molecule has 0 amide bonds. The Morgan fingerprint density at radius 1 is 0.417 bits per heavy atom. The summed E-state index contributed by atoms with van der Waals surface area (Å²) < 4.78 is 8.59. The molecule has 0 spiro atoms. The van der Waals surface area contributed by atoms with Gasteiger partial charge in [-0.1, -0.05) is 97.1 Å². The van der Waals surface area contributed by atoms with Crippen molar-refractivity contribution in [2.75, 3.05) is 0 Å². The van der Waals surface area contributed by atoms with Crippen molar-refractivity contribution in [1.29, 1.82) is 0 Å². The van der Waals surface area contributed by atoms with E-state index in [9.17, 15) is 0 Å². The number of benzene rings is 7. The van der Waals surface area contributed by atoms with Crippen LogP contribution in [0.25, 0.3) is 98.4 Å². The number of nitrogens with zero attached hydrogens (tertiary/aromatic N) is 4. The molecule has 0 aliphatic rings. The summed E-state index contributed by atoms with van der Waals surface area (Å²) in [4.78, 5) is 20.1. The average molecular weight is 633 g/mol. The normalized spacial score (nSPS) is 11.8. The number of hydrogen-bond acceptors (Lipinski definition) is 6. The van der Waals surface area contributed by atoms with Crippen LogP contribution in [0.5, 0.6) is 0 Å². The van der Waals surface area contributed by atoms with E-state index in [1.165, 1.54) is 15.5 Å². The van der Waals surface area contributed by atoms with Crippen molar-refractivity contribution in [1.82, 2.24) is 19.9 Å². The zero-order valence-corrected chi connectivity index (χ0v) is 26.3. The van der Waals surface area contributed by atoms with Crippen LogP contribution >= 0.6 is 11.3 Å². The van der Waals surface area contributed by atoms with Gasteiger partial charge in [0.15, 0.2) is 23.1 Å². The predicted molar refractivity (Wildman–Crippen MR) is 197 cm³/mol. The Morgan fingerprint density at radius 3 is 1.88 bits per heavy atom. The van der Waals surface area contributed by atoms with Gasteiger partial charge in [0.2, 0.25) is 5.89 Å². The minimum absolute atomic E-state index is 0.626. The van der Waals surface area contributed by atoms with Gasteiger partial charge in [-0.3, -0.25) is 0 Å². The molecule has 0 saturated heterocycles. The first-order chi connectivity index (χ1) is 23.7. The summed E-state index contributed by atoms with van der Waals surface area (Å²) in [6.45, 7) is 0. The second-order valence-corrected chi connectivity index (χ2v) is 13.0. The fourth-order valence-corrected chi connectivity index (χ4v) is 7.72. The Balaban J connectivity index is 1.18. The van der Waals surface area contributed by atoms with E-state index in [0.29, 0.717) is 23.4 Å². The molecule has 0 N–H and O–H groups in total. The topological polar surface area (TPSA) is 64.7 Å². The van der Waals surface area contributed by atoms with Crippen LogP contribution in [0.4, 0.5) is 0 Å². The lowest BCUT2D eigenvalue weighted by Crippen LogP contribution is -2.00. The molecule has 5 nitrogen and oxygen atoms in total. The molecular formula is C42H24N4OS. The smallest absolute Gasteiger partial charge is 0.227 e. The third-order valence-electron chi connectivity index (χ3n) is 8.93. The summed E-state index contributed by atoms with van der Waals surface area (Å²) >= 11 is 1.75. The van der Waals surface area contributed by atoms with Crippen molar-refractivity contribution >= 4 is 64.2 Å². The van der Waals surface area contributed by atoms with E-state index >= 15 is 0 Å². The van der Waals surface area contributed by atoms with Crippen LogP contribution in [0.15, 0.2) is 150 Å². The van der Waals surface area contributed by atoms with Crippen molar-refractivity contribution in [2.45, 2.75) is 0 Å². The molecule has 0 aliphatic carbocycles. The maximum Gasteiger partial charge on any atom is 0.227 e. The van der Waals surface area contributed by atoms with E-state index in [-0.39, 0.29) is 0 Å². The lowest BCUT2D eigenvalue weighted by molar-refractivity contribution is 0.620. The first-order valence-electron chi connectivity index (χ1n) is 15.8. The van der Waals surface area contributed by atoms with Crippen LogP contribution in [-0.4, -0.2) is 19.9 Å². The third kappa shape index (κ3) is 4.38. The second-order valence-electron chi connectivity index (χ2n) is 11.9. The average Bonchev–Trinajstić information content (AvgIpc) is 3.74. The van der Waals surface area contributed by atoms with Crippen LogP contribution in [0.2, 0.25) is 0 Å². The van der Waals surface area contributed by atoms with E-state index in [2.05, 4.69) is 84.9 Å². The molecule has 0 radical (unpaired) electrons. The van der Waals surface area contributed by atoms with Gasteiger partial charge in [0, 0.05) is 42.4 Å². The summed E-state index contributed by atoms with van der Waals surface area (Å²) in [6, 6.07) is 50.0. The lowest BCUT2D eigenvalue weighted by atomic mass is 9.97. The zero-order valence-electron chi connectivity index (χ0n) is 25.5. The molecule has 0 unspecified atom stereocenters. The Bertz CT molecular complexity index is 2840. The SMILES string of the molecule is c1ccc(-c2nc(-c3ccc4sc5cc6nc(-c7ccccc7)oc6cc5c4c3)nc(-c3cc4ccccc4c4ccccc34)n2)cc1. The number of aromatic nitrogens is 4. The van der Waals surface area contributed by atoms with Crippen LogP contribution < -0.4 is 0 Å². The Labute approximate surface area is 278 Å². The summed E-state index contributed by atoms with van der Waals surface area (Å²) in [5.74, 6) is 2.54. The first-order valence-corrected chi connectivity index (χ1v) is 16.6. The van der Waals surface area contributed by atoms with Gasteiger partial charge in [-0.05, 0) is 70.1 Å². The van der Waals surface area contributed by atoms with E-state index in [1.807, 2.05) is 60.7 Å². The minimum atomic E-state index is 0.626. The summed E-state index contributed by atoms with van der Waals surface area (Å²) in [5.41, 5.74) is 5.43. The Morgan fingerprint density at radius 2 is 1.06 bits per heavy atom. The first kappa shape index (κ1) is 26.9. The monoisotopic (exact) mass is 632 g/mol. The van der Waals surface area contributed by atoms with Crippen LogP contribution in [-0.2, 0) is 0 Å². The van der Waals surface area contributed by atoms with Crippen molar-refractivity contribution in [2.24, 2.45) is 0 Å². The molecule has 0 fully saturated rings. The van der Waals surface area contributed by atoms with E-state index in [0.717, 1.165) is 59.6 Å². The molecular weight excluding hydrogens is 609 g/mol. The van der Waals surface area contributed by atoms with Crippen molar-refractivity contribution in [3.05, 3.63) is 146 Å². The van der Waals surface area contributed by atoms with Crippen LogP contribution in [0.1, 0.15) is 0 Å². The van der Waals surface area contributed by atoms with Gasteiger partial charge < -0.3 is 4.42 Å². The molecule has 7 aromatic carbocycles. The van der Waals surface area contributed by atoms with E-state index in [1.54, 1.807) is 11.3 Å². The highest BCUT2D eigenvalue weighted by atomic mass is 32.1. The number of thiophene rings is 1. The van der Waals surface area contributed by atoms with Gasteiger partial charge in [0.05, 0.1) is 0 Å². The highest BCUT2D eigenvalue weighted by Crippen LogP contribution is 2.40. The molecule has 0 saturated carbocycles. The number of oxazole rings is 1. The maximum atomic E-state index is 6.25. The largest absolute Gasteiger partial charge is 0.436 e. The van der Waals surface area contributed by atoms with Gasteiger partial charge in [-0.2, -0.15) is 0 Å². The lowest BCUT2D eigenvalue weighted by Gasteiger charge is -2.12. The predicted octanol–water partition coefficient (Wildman–Crippen LogP) is 11.4. The summed E-state index contributed by atoms with van der Waals surface area (Å²) in [6.07, 6.45) is 0. The highest BCUT2D eigenvalue weighted by molar-refractivity contribution is 7.25. The molecule has 224 valence electrons. The zero-order chi connectivity index (χ0) is 31.6. The molecule has 10 rings (SSSR count). The van der Waals surface area contributed by atoms with Crippen LogP contribution in [0, 0.1) is 0 Å². The molecule has 3 heterocycles. The fourth-order valence-electron chi connectivity index (χ4n) is 6.62. The maximum absolute atomic E-state index is 6.25. The molecule has 48 heavy (non-hydrogen) atoms. The van der Waals surface area contributed by atoms with Gasteiger partial charge in [0.1, 0.15) is 5.52 Å². The van der Waals surface area contributed by atoms with Crippen molar-refractivity contribution < 1.29 is 4.42 Å². The highest BCUT2D eigenvalue weighted by Gasteiger charge is 2.18. The Hall–Kier alpha value is -6.24. The Kier molecular flexibility index (Phi) is 5.98. The van der Waals surface area contributed by atoms with Crippen LogP contribution in [0.3, 0.4) is 0 Å². The fraction of sp³-hybridized carbons (Fsp3) is 0. The van der Waals surface area contributed by atoms with Gasteiger partial charge >= 0.3 is 0 Å². The molecule has 0 atom stereocenters. The molecule has 10 aromatic rings.